The largest absolute Gasteiger partial charge is 0.399 e. The van der Waals surface area contributed by atoms with E-state index in [1.165, 1.54) is 0 Å². The lowest BCUT2D eigenvalue weighted by molar-refractivity contribution is 0.257. The van der Waals surface area contributed by atoms with Crippen molar-refractivity contribution in [1.82, 2.24) is 15.0 Å². The van der Waals surface area contributed by atoms with Crippen LogP contribution in [0.25, 0.3) is 11.5 Å². The van der Waals surface area contributed by atoms with E-state index in [1.807, 2.05) is 36.0 Å². The molecule has 6 heteroatoms. The number of aromatic nitrogens is 2. The van der Waals surface area contributed by atoms with E-state index in [4.69, 9.17) is 10.3 Å². The maximum absolute atomic E-state index is 5.77. The summed E-state index contributed by atoms with van der Waals surface area (Å²) < 4.78 is 5.35. The Balaban J connectivity index is 1.86. The molecule has 2 N–H and O–H groups in total. The molecule has 5 nitrogen and oxygen atoms in total. The van der Waals surface area contributed by atoms with Crippen molar-refractivity contribution in [2.24, 2.45) is 0 Å². The molecular weight excluding hydrogens is 260 g/mol. The van der Waals surface area contributed by atoms with Gasteiger partial charge in [0, 0.05) is 29.3 Å². The maximum Gasteiger partial charge on any atom is 0.258 e. The highest BCUT2D eigenvalue weighted by atomic mass is 32.2. The zero-order chi connectivity index (χ0) is 13.2. The van der Waals surface area contributed by atoms with Gasteiger partial charge in [-0.2, -0.15) is 16.7 Å². The third-order valence-corrected chi connectivity index (χ3v) is 4.29. The first-order valence-corrected chi connectivity index (χ1v) is 7.37. The van der Waals surface area contributed by atoms with Gasteiger partial charge in [0.05, 0.1) is 6.04 Å². The highest BCUT2D eigenvalue weighted by Crippen LogP contribution is 2.28. The predicted octanol–water partition coefficient (Wildman–Crippen LogP) is 2.04. The van der Waals surface area contributed by atoms with Crippen LogP contribution >= 0.6 is 11.8 Å². The van der Waals surface area contributed by atoms with Gasteiger partial charge in [0.25, 0.3) is 5.89 Å². The van der Waals surface area contributed by atoms with E-state index in [1.54, 1.807) is 0 Å². The second-order valence-corrected chi connectivity index (χ2v) is 5.80. The number of benzene rings is 1. The van der Waals surface area contributed by atoms with Gasteiger partial charge in [-0.1, -0.05) is 11.2 Å². The first-order valence-electron chi connectivity index (χ1n) is 6.21. The number of nitrogens with two attached hydrogens (primary N) is 1. The van der Waals surface area contributed by atoms with Crippen LogP contribution in [-0.2, 0) is 0 Å². The predicted molar refractivity (Wildman–Crippen MR) is 76.8 cm³/mol. The number of hydrogen-bond acceptors (Lipinski definition) is 6. The molecule has 19 heavy (non-hydrogen) atoms. The summed E-state index contributed by atoms with van der Waals surface area (Å²) in [4.78, 5) is 6.78. The van der Waals surface area contributed by atoms with Gasteiger partial charge in [0.15, 0.2) is 5.82 Å². The van der Waals surface area contributed by atoms with E-state index >= 15 is 0 Å². The molecule has 1 aromatic carbocycles. The Labute approximate surface area is 116 Å². The summed E-state index contributed by atoms with van der Waals surface area (Å²) in [5.41, 5.74) is 7.33. The molecule has 1 aromatic heterocycles. The van der Waals surface area contributed by atoms with Crippen LogP contribution in [0.15, 0.2) is 28.8 Å². The quantitative estimate of drug-likeness (QED) is 0.847. The molecule has 0 spiro atoms. The summed E-state index contributed by atoms with van der Waals surface area (Å²) in [5.74, 6) is 3.46. The van der Waals surface area contributed by atoms with E-state index in [9.17, 15) is 0 Å². The maximum atomic E-state index is 5.77. The van der Waals surface area contributed by atoms with Gasteiger partial charge in [-0.15, -0.1) is 0 Å². The molecule has 1 fully saturated rings. The van der Waals surface area contributed by atoms with Gasteiger partial charge in [-0.3, -0.25) is 4.90 Å². The summed E-state index contributed by atoms with van der Waals surface area (Å²) in [5, 5.41) is 4.11. The van der Waals surface area contributed by atoms with Crippen LogP contribution in [0.1, 0.15) is 11.9 Å². The minimum absolute atomic E-state index is 0.234. The topological polar surface area (TPSA) is 68.2 Å². The molecule has 1 saturated heterocycles. The molecule has 1 unspecified atom stereocenters. The SMILES string of the molecule is CN1CCSCC1c1noc(-c2cccc(N)c2)n1. The van der Waals surface area contributed by atoms with E-state index in [0.29, 0.717) is 11.6 Å². The Morgan fingerprint density at radius 3 is 3.16 bits per heavy atom. The fourth-order valence-corrected chi connectivity index (χ4v) is 3.33. The minimum Gasteiger partial charge on any atom is -0.399 e. The molecule has 1 aliphatic rings. The Morgan fingerprint density at radius 1 is 1.47 bits per heavy atom. The Hall–Kier alpha value is -1.53. The fourth-order valence-electron chi connectivity index (χ4n) is 2.12. The average molecular weight is 276 g/mol. The molecule has 1 aliphatic heterocycles. The van der Waals surface area contributed by atoms with E-state index in [0.717, 1.165) is 29.4 Å². The van der Waals surface area contributed by atoms with Crippen LogP contribution < -0.4 is 5.73 Å². The van der Waals surface area contributed by atoms with Crippen molar-refractivity contribution in [3.05, 3.63) is 30.1 Å². The second kappa shape index (κ2) is 5.22. The third kappa shape index (κ3) is 2.59. The molecule has 0 radical (unpaired) electrons. The number of anilines is 1. The van der Waals surface area contributed by atoms with Crippen LogP contribution in [0.5, 0.6) is 0 Å². The van der Waals surface area contributed by atoms with Gasteiger partial charge < -0.3 is 10.3 Å². The Bertz CT molecular complexity index is 571. The molecule has 1 atom stereocenters. The highest BCUT2D eigenvalue weighted by molar-refractivity contribution is 7.99. The number of nitrogen functional groups attached to an aromatic ring is 1. The van der Waals surface area contributed by atoms with Gasteiger partial charge in [-0.25, -0.2) is 0 Å². The van der Waals surface area contributed by atoms with Crippen molar-refractivity contribution in [3.8, 4) is 11.5 Å². The van der Waals surface area contributed by atoms with Crippen LogP contribution in [0.3, 0.4) is 0 Å². The smallest absolute Gasteiger partial charge is 0.258 e. The Morgan fingerprint density at radius 2 is 2.37 bits per heavy atom. The average Bonchev–Trinajstić information content (AvgIpc) is 2.89. The van der Waals surface area contributed by atoms with Gasteiger partial charge in [0.1, 0.15) is 0 Å². The second-order valence-electron chi connectivity index (χ2n) is 4.65. The van der Waals surface area contributed by atoms with E-state index in [-0.39, 0.29) is 6.04 Å². The lowest BCUT2D eigenvalue weighted by Gasteiger charge is -2.29. The number of nitrogens with zero attached hydrogens (tertiary/aromatic N) is 3. The number of rotatable bonds is 2. The van der Waals surface area contributed by atoms with Crippen molar-refractivity contribution in [1.29, 1.82) is 0 Å². The number of hydrogen-bond donors (Lipinski definition) is 1. The van der Waals surface area contributed by atoms with Gasteiger partial charge >= 0.3 is 0 Å². The summed E-state index contributed by atoms with van der Waals surface area (Å²) >= 11 is 1.93. The van der Waals surface area contributed by atoms with E-state index in [2.05, 4.69) is 22.1 Å². The molecule has 2 heterocycles. The van der Waals surface area contributed by atoms with Crippen molar-refractivity contribution in [2.75, 3.05) is 30.8 Å². The molecule has 3 rings (SSSR count). The summed E-state index contributed by atoms with van der Waals surface area (Å²) in [7, 11) is 2.10. The van der Waals surface area contributed by atoms with Crippen LogP contribution in [-0.4, -0.2) is 40.1 Å². The highest BCUT2D eigenvalue weighted by Gasteiger charge is 2.25. The van der Waals surface area contributed by atoms with Crippen molar-refractivity contribution < 1.29 is 4.52 Å². The van der Waals surface area contributed by atoms with Gasteiger partial charge in [0.2, 0.25) is 0 Å². The zero-order valence-corrected chi connectivity index (χ0v) is 11.6. The molecule has 0 saturated carbocycles. The first kappa shape index (κ1) is 12.5. The Kier molecular flexibility index (Phi) is 3.44. The van der Waals surface area contributed by atoms with Crippen LogP contribution in [0.4, 0.5) is 5.69 Å². The monoisotopic (exact) mass is 276 g/mol. The zero-order valence-electron chi connectivity index (χ0n) is 10.7. The lowest BCUT2D eigenvalue weighted by atomic mass is 10.2. The molecule has 0 bridgehead atoms. The standard InChI is InChI=1S/C13H16N4OS/c1-17-5-6-19-8-11(17)12-15-13(18-16-12)9-3-2-4-10(14)7-9/h2-4,7,11H,5-6,8,14H2,1H3. The minimum atomic E-state index is 0.234. The summed E-state index contributed by atoms with van der Waals surface area (Å²) in [6.07, 6.45) is 0. The van der Waals surface area contributed by atoms with Crippen LogP contribution in [0, 0.1) is 0 Å². The third-order valence-electron chi connectivity index (χ3n) is 3.27. The fraction of sp³-hybridized carbons (Fsp3) is 0.385. The normalized spacial score (nSPS) is 20.6. The molecule has 0 aliphatic carbocycles. The molecular formula is C13H16N4OS. The first-order chi connectivity index (χ1) is 9.24. The van der Waals surface area contributed by atoms with Gasteiger partial charge in [-0.05, 0) is 25.2 Å². The lowest BCUT2D eigenvalue weighted by Crippen LogP contribution is -2.33. The van der Waals surface area contributed by atoms with Crippen molar-refractivity contribution >= 4 is 17.4 Å². The van der Waals surface area contributed by atoms with E-state index < -0.39 is 0 Å². The molecule has 0 amide bonds. The summed E-state index contributed by atoms with van der Waals surface area (Å²) in [6.45, 7) is 1.05. The van der Waals surface area contributed by atoms with Crippen LogP contribution in [0.2, 0.25) is 0 Å². The summed E-state index contributed by atoms with van der Waals surface area (Å²) in [6, 6.07) is 7.73. The van der Waals surface area contributed by atoms with Crippen molar-refractivity contribution in [2.45, 2.75) is 6.04 Å². The number of thioether (sulfide) groups is 1. The van der Waals surface area contributed by atoms with Crippen molar-refractivity contribution in [3.63, 3.8) is 0 Å². The molecule has 2 aromatic rings. The molecule has 100 valence electrons.